The maximum atomic E-state index is 4.44. The lowest BCUT2D eigenvalue weighted by Crippen LogP contribution is -3.13. The van der Waals surface area contributed by atoms with Crippen molar-refractivity contribution in [1.29, 1.82) is 0 Å². The number of H-pyrrole nitrogens is 1. The van der Waals surface area contributed by atoms with Crippen LogP contribution < -0.4 is 10.2 Å². The van der Waals surface area contributed by atoms with E-state index in [1.54, 1.807) is 11.2 Å². The van der Waals surface area contributed by atoms with Crippen molar-refractivity contribution in [3.8, 4) is 0 Å². The Hall–Kier alpha value is -2.14. The largest absolute Gasteiger partial charge is 0.363 e. The van der Waals surface area contributed by atoms with Crippen molar-refractivity contribution < 1.29 is 4.90 Å². The average molecular weight is 296 g/mol. The van der Waals surface area contributed by atoms with E-state index >= 15 is 0 Å². The van der Waals surface area contributed by atoms with Crippen LogP contribution in [0.25, 0.3) is 21.9 Å². The molecule has 0 unspecified atom stereocenters. The fourth-order valence-corrected chi connectivity index (χ4v) is 3.43. The number of likely N-dealkylation sites (tertiary alicyclic amines) is 1. The number of aromatic nitrogens is 3. The molecule has 5 heteroatoms. The van der Waals surface area contributed by atoms with Gasteiger partial charge >= 0.3 is 0 Å². The molecule has 5 nitrogen and oxygen atoms in total. The molecule has 1 fully saturated rings. The number of hydrogen-bond donors (Lipinski definition) is 3. The van der Waals surface area contributed by atoms with E-state index in [0.717, 1.165) is 40.8 Å². The van der Waals surface area contributed by atoms with E-state index in [-0.39, 0.29) is 0 Å². The molecule has 22 heavy (non-hydrogen) atoms. The fourth-order valence-electron chi connectivity index (χ4n) is 3.43. The zero-order valence-corrected chi connectivity index (χ0v) is 12.7. The van der Waals surface area contributed by atoms with Crippen LogP contribution in [0.1, 0.15) is 19.3 Å². The Balaban J connectivity index is 1.53. The van der Waals surface area contributed by atoms with E-state index in [4.69, 9.17) is 0 Å². The highest BCUT2D eigenvalue weighted by Gasteiger charge is 2.14. The molecular weight excluding hydrogens is 274 g/mol. The second-order valence-corrected chi connectivity index (χ2v) is 6.10. The van der Waals surface area contributed by atoms with Crippen molar-refractivity contribution in [2.24, 2.45) is 0 Å². The standard InChI is InChI=1S/C17H21N5/c1-4-9-22(10-5-1)11-8-18-17-16-15(19-12-20-17)13-6-2-3-7-14(13)21-16/h2-3,6-7,12,21H,1,4-5,8-11H2,(H,18,19,20)/p+1. The summed E-state index contributed by atoms with van der Waals surface area (Å²) in [6.07, 6.45) is 5.79. The quantitative estimate of drug-likeness (QED) is 0.685. The first kappa shape index (κ1) is 13.5. The Morgan fingerprint density at radius 3 is 2.86 bits per heavy atom. The van der Waals surface area contributed by atoms with Gasteiger partial charge in [0.05, 0.1) is 26.2 Å². The third kappa shape index (κ3) is 2.52. The van der Waals surface area contributed by atoms with Crippen molar-refractivity contribution >= 4 is 27.8 Å². The predicted octanol–water partition coefficient (Wildman–Crippen LogP) is 1.59. The Morgan fingerprint density at radius 2 is 1.95 bits per heavy atom. The monoisotopic (exact) mass is 296 g/mol. The molecule has 3 N–H and O–H groups in total. The summed E-state index contributed by atoms with van der Waals surface area (Å²) in [6.45, 7) is 4.74. The molecule has 0 amide bonds. The molecule has 2 aromatic heterocycles. The first-order valence-corrected chi connectivity index (χ1v) is 8.21. The lowest BCUT2D eigenvalue weighted by Gasteiger charge is -2.23. The number of fused-ring (bicyclic) bond motifs is 3. The van der Waals surface area contributed by atoms with Crippen LogP contribution in [-0.4, -0.2) is 41.1 Å². The average Bonchev–Trinajstić information content (AvgIpc) is 2.96. The molecule has 1 aliphatic heterocycles. The van der Waals surface area contributed by atoms with Crippen LogP contribution in [0.3, 0.4) is 0 Å². The fraction of sp³-hybridized carbons (Fsp3) is 0.412. The zero-order valence-electron chi connectivity index (χ0n) is 12.7. The topological polar surface area (TPSA) is 58.0 Å². The van der Waals surface area contributed by atoms with E-state index in [0.29, 0.717) is 0 Å². The summed E-state index contributed by atoms with van der Waals surface area (Å²) >= 11 is 0. The van der Waals surface area contributed by atoms with Gasteiger partial charge in [0.15, 0.2) is 5.82 Å². The van der Waals surface area contributed by atoms with Crippen LogP contribution >= 0.6 is 0 Å². The van der Waals surface area contributed by atoms with Gasteiger partial charge in [-0.1, -0.05) is 18.2 Å². The minimum atomic E-state index is 0.914. The van der Waals surface area contributed by atoms with Crippen molar-refractivity contribution in [2.45, 2.75) is 19.3 Å². The minimum absolute atomic E-state index is 0.914. The molecule has 1 aromatic carbocycles. The van der Waals surface area contributed by atoms with Gasteiger partial charge in [-0.2, -0.15) is 0 Å². The summed E-state index contributed by atoms with van der Waals surface area (Å²) in [5.41, 5.74) is 3.12. The molecule has 0 radical (unpaired) electrons. The van der Waals surface area contributed by atoms with Gasteiger partial charge in [-0.15, -0.1) is 0 Å². The van der Waals surface area contributed by atoms with Crippen LogP contribution in [0, 0.1) is 0 Å². The highest BCUT2D eigenvalue weighted by atomic mass is 15.1. The molecule has 114 valence electrons. The van der Waals surface area contributed by atoms with E-state index in [1.165, 1.54) is 32.4 Å². The summed E-state index contributed by atoms with van der Waals surface area (Å²) in [7, 11) is 0. The van der Waals surface area contributed by atoms with Gasteiger partial charge < -0.3 is 15.2 Å². The second-order valence-electron chi connectivity index (χ2n) is 6.10. The van der Waals surface area contributed by atoms with E-state index < -0.39 is 0 Å². The van der Waals surface area contributed by atoms with Crippen molar-refractivity contribution in [1.82, 2.24) is 15.0 Å². The van der Waals surface area contributed by atoms with Crippen LogP contribution in [0.15, 0.2) is 30.6 Å². The van der Waals surface area contributed by atoms with Gasteiger partial charge in [-0.25, -0.2) is 9.97 Å². The van der Waals surface area contributed by atoms with E-state index in [1.807, 2.05) is 12.1 Å². The van der Waals surface area contributed by atoms with E-state index in [2.05, 4.69) is 32.4 Å². The maximum absolute atomic E-state index is 4.44. The zero-order chi connectivity index (χ0) is 14.8. The van der Waals surface area contributed by atoms with Crippen molar-refractivity contribution in [3.05, 3.63) is 30.6 Å². The number of quaternary nitrogens is 1. The molecule has 1 saturated heterocycles. The molecule has 4 rings (SSSR count). The Kier molecular flexibility index (Phi) is 3.64. The predicted molar refractivity (Wildman–Crippen MR) is 89.3 cm³/mol. The number of para-hydroxylation sites is 1. The third-order valence-corrected chi connectivity index (χ3v) is 4.62. The number of rotatable bonds is 4. The second kappa shape index (κ2) is 5.93. The van der Waals surface area contributed by atoms with Crippen molar-refractivity contribution in [3.63, 3.8) is 0 Å². The molecule has 3 heterocycles. The van der Waals surface area contributed by atoms with Crippen LogP contribution in [0.4, 0.5) is 5.82 Å². The maximum Gasteiger partial charge on any atom is 0.154 e. The number of nitrogens with one attached hydrogen (secondary N) is 3. The van der Waals surface area contributed by atoms with Crippen LogP contribution in [0.5, 0.6) is 0 Å². The molecule has 0 spiro atoms. The molecule has 3 aromatic rings. The van der Waals surface area contributed by atoms with Crippen LogP contribution in [0.2, 0.25) is 0 Å². The molecule has 0 aliphatic carbocycles. The normalized spacial score (nSPS) is 16.4. The summed E-state index contributed by atoms with van der Waals surface area (Å²) in [5.74, 6) is 0.914. The molecular formula is C17H22N5+. The van der Waals surface area contributed by atoms with Gasteiger partial charge in [0.2, 0.25) is 0 Å². The molecule has 0 bridgehead atoms. The Bertz CT molecular complexity index is 773. The van der Waals surface area contributed by atoms with Gasteiger partial charge in [0, 0.05) is 10.9 Å². The smallest absolute Gasteiger partial charge is 0.154 e. The van der Waals surface area contributed by atoms with E-state index in [9.17, 15) is 0 Å². The van der Waals surface area contributed by atoms with Gasteiger partial charge in [-0.3, -0.25) is 0 Å². The Morgan fingerprint density at radius 1 is 1.09 bits per heavy atom. The van der Waals surface area contributed by atoms with Gasteiger partial charge in [0.1, 0.15) is 17.4 Å². The summed E-state index contributed by atoms with van der Waals surface area (Å²) in [5, 5.41) is 4.65. The molecule has 1 aliphatic rings. The van der Waals surface area contributed by atoms with Crippen LogP contribution in [-0.2, 0) is 0 Å². The summed E-state index contributed by atoms with van der Waals surface area (Å²) < 4.78 is 0. The minimum Gasteiger partial charge on any atom is -0.363 e. The summed E-state index contributed by atoms with van der Waals surface area (Å²) in [4.78, 5) is 14.0. The number of hydrogen-bond acceptors (Lipinski definition) is 3. The Labute approximate surface area is 129 Å². The highest BCUT2D eigenvalue weighted by Crippen LogP contribution is 2.26. The summed E-state index contributed by atoms with van der Waals surface area (Å²) in [6, 6.07) is 8.27. The highest BCUT2D eigenvalue weighted by molar-refractivity contribution is 6.07. The molecule has 0 atom stereocenters. The number of nitrogens with zero attached hydrogens (tertiary/aromatic N) is 2. The SMILES string of the molecule is c1ccc2c(c1)[nH]c1c(NCC[NH+]3CCCCC3)ncnc12. The number of benzene rings is 1. The van der Waals surface area contributed by atoms with Gasteiger partial charge in [0.25, 0.3) is 0 Å². The first-order valence-electron chi connectivity index (χ1n) is 8.21. The van der Waals surface area contributed by atoms with Gasteiger partial charge in [-0.05, 0) is 25.3 Å². The third-order valence-electron chi connectivity index (χ3n) is 4.62. The number of piperidine rings is 1. The lowest BCUT2D eigenvalue weighted by atomic mass is 10.1. The number of anilines is 1. The lowest BCUT2D eigenvalue weighted by molar-refractivity contribution is -0.903. The number of aromatic amines is 1. The molecule has 0 saturated carbocycles. The van der Waals surface area contributed by atoms with Crippen molar-refractivity contribution in [2.75, 3.05) is 31.5 Å². The first-order chi connectivity index (χ1) is 10.9.